The summed E-state index contributed by atoms with van der Waals surface area (Å²) in [5.74, 6) is 1.46. The van der Waals surface area contributed by atoms with Crippen LogP contribution in [0.25, 0.3) is 0 Å². The van der Waals surface area contributed by atoms with E-state index >= 15 is 0 Å². The Morgan fingerprint density at radius 2 is 2.24 bits per heavy atom. The van der Waals surface area contributed by atoms with Gasteiger partial charge in [-0.3, -0.25) is 4.79 Å². The first-order valence-electron chi connectivity index (χ1n) is 6.95. The zero-order chi connectivity index (χ0) is 12.5. The van der Waals surface area contributed by atoms with Crippen molar-refractivity contribution >= 4 is 5.91 Å². The molecule has 0 bridgehead atoms. The molecule has 1 aliphatic heterocycles. The minimum atomic E-state index is 0.338. The summed E-state index contributed by atoms with van der Waals surface area (Å²) in [5.41, 5.74) is 0.444. The van der Waals surface area contributed by atoms with E-state index in [4.69, 9.17) is 0 Å². The first-order chi connectivity index (χ1) is 8.04. The molecule has 2 nitrogen and oxygen atoms in total. The Morgan fingerprint density at radius 3 is 2.65 bits per heavy atom. The monoisotopic (exact) mass is 235 g/mol. The van der Waals surface area contributed by atoms with Crippen LogP contribution in [-0.4, -0.2) is 23.9 Å². The van der Waals surface area contributed by atoms with Gasteiger partial charge in [0.05, 0.1) is 0 Å². The van der Waals surface area contributed by atoms with Crippen molar-refractivity contribution in [2.24, 2.45) is 17.3 Å². The van der Waals surface area contributed by atoms with Crippen molar-refractivity contribution < 1.29 is 4.79 Å². The highest BCUT2D eigenvalue weighted by Crippen LogP contribution is 2.47. The van der Waals surface area contributed by atoms with Crippen LogP contribution in [0.1, 0.15) is 46.0 Å². The largest absolute Gasteiger partial charge is 0.342 e. The molecule has 17 heavy (non-hydrogen) atoms. The molecule has 0 aromatic heterocycles. The van der Waals surface area contributed by atoms with Crippen molar-refractivity contribution in [2.75, 3.05) is 13.1 Å². The zero-order valence-corrected chi connectivity index (χ0v) is 11.2. The normalized spacial score (nSPS) is 27.4. The highest BCUT2D eigenvalue weighted by atomic mass is 16.2. The van der Waals surface area contributed by atoms with Gasteiger partial charge in [0, 0.05) is 25.4 Å². The number of likely N-dealkylation sites (tertiary alicyclic amines) is 1. The van der Waals surface area contributed by atoms with Gasteiger partial charge < -0.3 is 4.90 Å². The molecule has 1 saturated carbocycles. The number of rotatable bonds is 5. The molecule has 2 fully saturated rings. The first-order valence-corrected chi connectivity index (χ1v) is 6.95. The summed E-state index contributed by atoms with van der Waals surface area (Å²) in [6, 6.07) is 0. The number of hydrogen-bond acceptors (Lipinski definition) is 1. The van der Waals surface area contributed by atoms with Crippen molar-refractivity contribution in [2.45, 2.75) is 46.0 Å². The van der Waals surface area contributed by atoms with Crippen LogP contribution in [0.4, 0.5) is 0 Å². The minimum absolute atomic E-state index is 0.338. The molecule has 96 valence electrons. The molecular weight excluding hydrogens is 210 g/mol. The molecule has 1 atom stereocenters. The summed E-state index contributed by atoms with van der Waals surface area (Å²) in [6.45, 7) is 10.3. The van der Waals surface area contributed by atoms with Crippen molar-refractivity contribution in [1.82, 2.24) is 4.90 Å². The Kier molecular flexibility index (Phi) is 3.60. The molecule has 2 aliphatic rings. The van der Waals surface area contributed by atoms with Crippen LogP contribution in [0.2, 0.25) is 0 Å². The van der Waals surface area contributed by atoms with E-state index in [0.717, 1.165) is 19.0 Å². The van der Waals surface area contributed by atoms with E-state index in [-0.39, 0.29) is 0 Å². The van der Waals surface area contributed by atoms with E-state index in [0.29, 0.717) is 23.7 Å². The lowest BCUT2D eigenvalue weighted by molar-refractivity contribution is -0.130. The van der Waals surface area contributed by atoms with Crippen molar-refractivity contribution in [3.05, 3.63) is 12.7 Å². The Labute approximate surface area is 105 Å². The average Bonchev–Trinajstić information content (AvgIpc) is 2.55. The van der Waals surface area contributed by atoms with Crippen molar-refractivity contribution in [3.8, 4) is 0 Å². The molecule has 1 unspecified atom stereocenters. The topological polar surface area (TPSA) is 20.3 Å². The second-order valence-corrected chi connectivity index (χ2v) is 6.43. The summed E-state index contributed by atoms with van der Waals surface area (Å²) in [5, 5.41) is 0. The molecule has 0 radical (unpaired) electrons. The van der Waals surface area contributed by atoms with Gasteiger partial charge in [-0.25, -0.2) is 0 Å². The van der Waals surface area contributed by atoms with E-state index in [1.165, 1.54) is 25.7 Å². The molecular formula is C15H25NO. The molecule has 2 rings (SSSR count). The summed E-state index contributed by atoms with van der Waals surface area (Å²) < 4.78 is 0. The predicted octanol–water partition coefficient (Wildman–Crippen LogP) is 3.24. The highest BCUT2D eigenvalue weighted by molar-refractivity contribution is 5.79. The van der Waals surface area contributed by atoms with Crippen LogP contribution in [-0.2, 0) is 4.79 Å². The number of carbonyl (C=O) groups is 1. The summed E-state index contributed by atoms with van der Waals surface area (Å²) >= 11 is 0. The number of nitrogens with zero attached hydrogens (tertiary/aromatic N) is 1. The molecule has 0 aromatic carbocycles. The van der Waals surface area contributed by atoms with Gasteiger partial charge in [0.15, 0.2) is 0 Å². The summed E-state index contributed by atoms with van der Waals surface area (Å²) in [6.07, 6.45) is 7.87. The van der Waals surface area contributed by atoms with Crippen LogP contribution in [0.3, 0.4) is 0 Å². The molecule has 0 N–H and O–H groups in total. The zero-order valence-electron chi connectivity index (χ0n) is 11.2. The maximum atomic E-state index is 11.9. The fourth-order valence-electron chi connectivity index (χ4n) is 3.49. The average molecular weight is 235 g/mol. The van der Waals surface area contributed by atoms with Crippen LogP contribution in [0, 0.1) is 17.3 Å². The SMILES string of the molecule is C=CC1CC(=O)N(CC2(CC(C)C)CCC2)C1. The van der Waals surface area contributed by atoms with Crippen molar-refractivity contribution in [1.29, 1.82) is 0 Å². The fourth-order valence-corrected chi connectivity index (χ4v) is 3.49. The maximum Gasteiger partial charge on any atom is 0.223 e. The Bertz CT molecular complexity index is 304. The van der Waals surface area contributed by atoms with E-state index in [1.54, 1.807) is 0 Å². The highest BCUT2D eigenvalue weighted by Gasteiger charge is 2.41. The third kappa shape index (κ3) is 2.72. The van der Waals surface area contributed by atoms with Gasteiger partial charge in [-0.05, 0) is 30.6 Å². The van der Waals surface area contributed by atoms with E-state index in [2.05, 4.69) is 25.3 Å². The lowest BCUT2D eigenvalue weighted by Gasteiger charge is -2.45. The number of carbonyl (C=O) groups excluding carboxylic acids is 1. The van der Waals surface area contributed by atoms with Gasteiger partial charge in [0.1, 0.15) is 0 Å². The van der Waals surface area contributed by atoms with Crippen LogP contribution >= 0.6 is 0 Å². The Hall–Kier alpha value is -0.790. The Balaban J connectivity index is 1.95. The second-order valence-electron chi connectivity index (χ2n) is 6.43. The predicted molar refractivity (Wildman–Crippen MR) is 70.6 cm³/mol. The summed E-state index contributed by atoms with van der Waals surface area (Å²) in [4.78, 5) is 14.0. The third-order valence-electron chi connectivity index (χ3n) is 4.36. The molecule has 2 heteroatoms. The van der Waals surface area contributed by atoms with Crippen molar-refractivity contribution in [3.63, 3.8) is 0 Å². The minimum Gasteiger partial charge on any atom is -0.342 e. The van der Waals surface area contributed by atoms with E-state index in [9.17, 15) is 4.79 Å². The smallest absolute Gasteiger partial charge is 0.223 e. The molecule has 1 saturated heterocycles. The van der Waals surface area contributed by atoms with Crippen LogP contribution in [0.15, 0.2) is 12.7 Å². The van der Waals surface area contributed by atoms with Crippen LogP contribution < -0.4 is 0 Å². The van der Waals surface area contributed by atoms with Gasteiger partial charge in [-0.1, -0.05) is 26.3 Å². The first kappa shape index (κ1) is 12.7. The molecule has 1 aliphatic carbocycles. The summed E-state index contributed by atoms with van der Waals surface area (Å²) in [7, 11) is 0. The van der Waals surface area contributed by atoms with Gasteiger partial charge in [0.25, 0.3) is 0 Å². The van der Waals surface area contributed by atoms with E-state index < -0.39 is 0 Å². The van der Waals surface area contributed by atoms with Gasteiger partial charge in [-0.2, -0.15) is 0 Å². The van der Waals surface area contributed by atoms with Crippen LogP contribution in [0.5, 0.6) is 0 Å². The maximum absolute atomic E-state index is 11.9. The quantitative estimate of drug-likeness (QED) is 0.670. The molecule has 1 heterocycles. The fraction of sp³-hybridized carbons (Fsp3) is 0.800. The molecule has 0 spiro atoms. The Morgan fingerprint density at radius 1 is 1.53 bits per heavy atom. The number of hydrogen-bond donors (Lipinski definition) is 0. The van der Waals surface area contributed by atoms with Gasteiger partial charge >= 0.3 is 0 Å². The standard InChI is InChI=1S/C15H25NO/c1-4-13-8-14(17)16(10-13)11-15(6-5-7-15)9-12(2)3/h4,12-13H,1,5-11H2,2-3H3. The third-order valence-corrected chi connectivity index (χ3v) is 4.36. The van der Waals surface area contributed by atoms with E-state index in [1.807, 2.05) is 6.08 Å². The molecule has 0 aromatic rings. The lowest BCUT2D eigenvalue weighted by Crippen LogP contribution is -2.43. The number of amides is 1. The second kappa shape index (κ2) is 4.83. The lowest BCUT2D eigenvalue weighted by atomic mass is 9.64. The van der Waals surface area contributed by atoms with Gasteiger partial charge in [-0.15, -0.1) is 6.58 Å². The molecule has 1 amide bonds. The van der Waals surface area contributed by atoms with Gasteiger partial charge in [0.2, 0.25) is 5.91 Å².